The Bertz CT molecular complexity index is 795. The number of fused-ring (bicyclic) bond motifs is 3. The van der Waals surface area contributed by atoms with E-state index in [4.69, 9.17) is 0 Å². The minimum atomic E-state index is 0.0244. The monoisotopic (exact) mass is 320 g/mol. The molecule has 0 bridgehead atoms. The molecule has 0 saturated heterocycles. The lowest BCUT2D eigenvalue weighted by molar-refractivity contribution is 0.268. The molecule has 7 nitrogen and oxygen atoms in total. The second kappa shape index (κ2) is 6.05. The summed E-state index contributed by atoms with van der Waals surface area (Å²) < 4.78 is 1.96. The van der Waals surface area contributed by atoms with E-state index in [0.29, 0.717) is 0 Å². The molecule has 3 rings (SSSR count). The molecular weight excluding hydrogens is 300 g/mol. The number of aromatic nitrogens is 4. The lowest BCUT2D eigenvalue weighted by Gasteiger charge is -2.13. The van der Waals surface area contributed by atoms with Crippen molar-refractivity contribution >= 4 is 43.7 Å². The van der Waals surface area contributed by atoms with Gasteiger partial charge in [-0.25, -0.2) is 15.0 Å². The van der Waals surface area contributed by atoms with Crippen LogP contribution >= 0.6 is 11.3 Å². The standard InChI is InChI=1S/C14H20N6OS/c1-4-5-8(6-21)17-14-18-10-11-9(16-7-20(11)3)12(15-2)19-13(10)22-14/h7-8,21H,4-6H2,1-3H3,(H,15,19)(H,17,18). The second-order valence-electron chi connectivity index (χ2n) is 5.25. The normalized spacial score (nSPS) is 12.9. The van der Waals surface area contributed by atoms with Gasteiger partial charge < -0.3 is 20.3 Å². The van der Waals surface area contributed by atoms with E-state index < -0.39 is 0 Å². The first-order chi connectivity index (χ1) is 10.7. The zero-order valence-corrected chi connectivity index (χ0v) is 13.7. The minimum absolute atomic E-state index is 0.0244. The van der Waals surface area contributed by atoms with Gasteiger partial charge in [0.1, 0.15) is 21.4 Å². The van der Waals surface area contributed by atoms with Crippen molar-refractivity contribution in [3.05, 3.63) is 6.33 Å². The number of nitrogens with one attached hydrogen (secondary N) is 2. The van der Waals surface area contributed by atoms with Crippen LogP contribution in [0.15, 0.2) is 6.33 Å². The molecule has 0 amide bonds. The fourth-order valence-electron chi connectivity index (χ4n) is 2.55. The van der Waals surface area contributed by atoms with Crippen molar-refractivity contribution in [2.45, 2.75) is 25.8 Å². The summed E-state index contributed by atoms with van der Waals surface area (Å²) in [6.45, 7) is 2.20. The SMILES string of the molecule is CCCC(CO)Nc1nc2c(nc(NC)c3ncn(C)c32)s1. The van der Waals surface area contributed by atoms with Crippen molar-refractivity contribution in [3.8, 4) is 0 Å². The number of aliphatic hydroxyl groups excluding tert-OH is 1. The van der Waals surface area contributed by atoms with Gasteiger partial charge in [-0.05, 0) is 6.42 Å². The molecule has 8 heteroatoms. The van der Waals surface area contributed by atoms with Crippen LogP contribution in [0.4, 0.5) is 10.9 Å². The highest BCUT2D eigenvalue weighted by molar-refractivity contribution is 7.22. The Morgan fingerprint density at radius 3 is 2.86 bits per heavy atom. The molecule has 3 aromatic heterocycles. The van der Waals surface area contributed by atoms with Crippen LogP contribution in [0, 0.1) is 0 Å². The average molecular weight is 320 g/mol. The number of thiazole rings is 1. The van der Waals surface area contributed by atoms with Crippen LogP contribution in [0.25, 0.3) is 21.4 Å². The number of aliphatic hydroxyl groups is 1. The van der Waals surface area contributed by atoms with Gasteiger partial charge in [0.15, 0.2) is 10.9 Å². The van der Waals surface area contributed by atoms with E-state index in [0.717, 1.165) is 45.2 Å². The molecule has 0 spiro atoms. The number of imidazole rings is 1. The summed E-state index contributed by atoms with van der Waals surface area (Å²) in [5.41, 5.74) is 2.63. The van der Waals surface area contributed by atoms with Gasteiger partial charge in [-0.3, -0.25) is 0 Å². The molecule has 0 aromatic carbocycles. The molecule has 3 aromatic rings. The summed E-state index contributed by atoms with van der Waals surface area (Å²) >= 11 is 1.50. The van der Waals surface area contributed by atoms with Crippen molar-refractivity contribution in [3.63, 3.8) is 0 Å². The molecule has 3 N–H and O–H groups in total. The molecule has 0 aliphatic carbocycles. The second-order valence-corrected chi connectivity index (χ2v) is 6.23. The summed E-state index contributed by atoms with van der Waals surface area (Å²) in [5.74, 6) is 0.755. The van der Waals surface area contributed by atoms with E-state index >= 15 is 0 Å². The maximum absolute atomic E-state index is 9.43. The highest BCUT2D eigenvalue weighted by Crippen LogP contribution is 2.33. The van der Waals surface area contributed by atoms with Crippen molar-refractivity contribution in [1.29, 1.82) is 0 Å². The average Bonchev–Trinajstić information content (AvgIpc) is 3.09. The molecule has 0 aliphatic rings. The van der Waals surface area contributed by atoms with Gasteiger partial charge in [0.2, 0.25) is 0 Å². The highest BCUT2D eigenvalue weighted by atomic mass is 32.1. The van der Waals surface area contributed by atoms with Crippen LogP contribution in [0.2, 0.25) is 0 Å². The Kier molecular flexibility index (Phi) is 4.12. The van der Waals surface area contributed by atoms with Crippen LogP contribution in [0.5, 0.6) is 0 Å². The number of hydrogen-bond acceptors (Lipinski definition) is 7. The molecule has 0 saturated carbocycles. The van der Waals surface area contributed by atoms with E-state index in [1.54, 1.807) is 6.33 Å². The van der Waals surface area contributed by atoms with Crippen molar-refractivity contribution in [2.24, 2.45) is 7.05 Å². The zero-order chi connectivity index (χ0) is 15.7. The Labute approximate surface area is 132 Å². The van der Waals surface area contributed by atoms with E-state index in [9.17, 15) is 5.11 Å². The van der Waals surface area contributed by atoms with Crippen LogP contribution in [0.1, 0.15) is 19.8 Å². The Morgan fingerprint density at radius 2 is 2.18 bits per heavy atom. The molecule has 0 radical (unpaired) electrons. The lowest BCUT2D eigenvalue weighted by atomic mass is 10.2. The van der Waals surface area contributed by atoms with Gasteiger partial charge in [0.25, 0.3) is 0 Å². The molecule has 0 fully saturated rings. The summed E-state index contributed by atoms with van der Waals surface area (Å²) in [4.78, 5) is 14.5. The summed E-state index contributed by atoms with van der Waals surface area (Å²) in [5, 5.41) is 16.6. The summed E-state index contributed by atoms with van der Waals surface area (Å²) in [7, 11) is 3.79. The molecular formula is C14H20N6OS. The maximum Gasteiger partial charge on any atom is 0.185 e. The lowest BCUT2D eigenvalue weighted by Crippen LogP contribution is -2.23. The van der Waals surface area contributed by atoms with E-state index in [-0.39, 0.29) is 12.6 Å². The molecule has 118 valence electrons. The van der Waals surface area contributed by atoms with E-state index in [1.165, 1.54) is 11.3 Å². The zero-order valence-electron chi connectivity index (χ0n) is 12.9. The van der Waals surface area contributed by atoms with Gasteiger partial charge in [0, 0.05) is 14.1 Å². The third kappa shape index (κ3) is 2.48. The van der Waals surface area contributed by atoms with Crippen molar-refractivity contribution < 1.29 is 5.11 Å². The highest BCUT2D eigenvalue weighted by Gasteiger charge is 2.17. The Morgan fingerprint density at radius 1 is 1.36 bits per heavy atom. The van der Waals surface area contributed by atoms with Crippen LogP contribution in [0.3, 0.4) is 0 Å². The number of nitrogens with zero attached hydrogens (tertiary/aromatic N) is 4. The number of aryl methyl sites for hydroxylation is 1. The Balaban J connectivity index is 2.09. The molecule has 3 heterocycles. The quantitative estimate of drug-likeness (QED) is 0.645. The Hall–Kier alpha value is -1.93. The minimum Gasteiger partial charge on any atom is -0.394 e. The third-order valence-corrected chi connectivity index (χ3v) is 4.51. The predicted molar refractivity (Wildman–Crippen MR) is 90.6 cm³/mol. The largest absolute Gasteiger partial charge is 0.394 e. The molecule has 22 heavy (non-hydrogen) atoms. The fraction of sp³-hybridized carbons (Fsp3) is 0.500. The van der Waals surface area contributed by atoms with Crippen LogP contribution < -0.4 is 10.6 Å². The third-order valence-electron chi connectivity index (χ3n) is 3.63. The maximum atomic E-state index is 9.43. The van der Waals surface area contributed by atoms with Gasteiger partial charge in [-0.1, -0.05) is 24.7 Å². The summed E-state index contributed by atoms with van der Waals surface area (Å²) in [6.07, 6.45) is 3.69. The number of hydrogen-bond donors (Lipinski definition) is 3. The smallest absolute Gasteiger partial charge is 0.185 e. The van der Waals surface area contributed by atoms with Crippen LogP contribution in [-0.2, 0) is 7.05 Å². The van der Waals surface area contributed by atoms with Crippen molar-refractivity contribution in [2.75, 3.05) is 24.3 Å². The first-order valence-corrected chi connectivity index (χ1v) is 8.16. The van der Waals surface area contributed by atoms with Crippen LogP contribution in [-0.4, -0.2) is 44.3 Å². The first kappa shape index (κ1) is 15.0. The first-order valence-electron chi connectivity index (χ1n) is 7.34. The predicted octanol–water partition coefficient (Wildman–Crippen LogP) is 2.19. The topological polar surface area (TPSA) is 87.9 Å². The van der Waals surface area contributed by atoms with E-state index in [1.807, 2.05) is 18.7 Å². The van der Waals surface area contributed by atoms with Gasteiger partial charge in [-0.2, -0.15) is 0 Å². The van der Waals surface area contributed by atoms with E-state index in [2.05, 4.69) is 32.5 Å². The number of rotatable bonds is 6. The molecule has 1 atom stereocenters. The number of pyridine rings is 1. The van der Waals surface area contributed by atoms with Gasteiger partial charge >= 0.3 is 0 Å². The molecule has 0 aliphatic heterocycles. The molecule has 1 unspecified atom stereocenters. The van der Waals surface area contributed by atoms with Crippen molar-refractivity contribution in [1.82, 2.24) is 19.5 Å². The van der Waals surface area contributed by atoms with Gasteiger partial charge in [0.05, 0.1) is 19.0 Å². The number of anilines is 2. The fourth-order valence-corrected chi connectivity index (χ4v) is 3.47. The van der Waals surface area contributed by atoms with Gasteiger partial charge in [-0.15, -0.1) is 0 Å². The summed E-state index contributed by atoms with van der Waals surface area (Å²) in [6, 6.07) is 0.0244.